The second-order valence-corrected chi connectivity index (χ2v) is 8.29. The molecule has 2 aromatic heterocycles. The average Bonchev–Trinajstić information content (AvgIpc) is 3.14. The molecule has 0 aliphatic rings. The minimum absolute atomic E-state index is 0.00763. The van der Waals surface area contributed by atoms with Crippen molar-refractivity contribution < 1.29 is 23.5 Å². The number of hydrogen-bond donors (Lipinski definition) is 2. The summed E-state index contributed by atoms with van der Waals surface area (Å²) >= 11 is 0. The first-order valence-electron chi connectivity index (χ1n) is 10.8. The molecular formula is C26H23F2N3O3. The molecule has 0 radical (unpaired) electrons. The van der Waals surface area contributed by atoms with E-state index < -0.39 is 17.6 Å². The molecular weight excluding hydrogens is 440 g/mol. The molecule has 0 spiro atoms. The zero-order valence-electron chi connectivity index (χ0n) is 18.7. The van der Waals surface area contributed by atoms with Gasteiger partial charge in [-0.15, -0.1) is 0 Å². The molecule has 0 aliphatic heterocycles. The number of aromatic carboxylic acids is 1. The third kappa shape index (κ3) is 4.52. The van der Waals surface area contributed by atoms with Crippen molar-refractivity contribution in [2.45, 2.75) is 32.9 Å². The monoisotopic (exact) mass is 463 g/mol. The molecule has 2 aromatic carbocycles. The minimum Gasteiger partial charge on any atom is -0.478 e. The van der Waals surface area contributed by atoms with E-state index in [1.165, 1.54) is 12.1 Å². The zero-order valence-corrected chi connectivity index (χ0v) is 18.7. The molecule has 1 amide bonds. The molecule has 6 nitrogen and oxygen atoms in total. The number of aromatic nitrogens is 2. The number of benzene rings is 2. The van der Waals surface area contributed by atoms with Crippen molar-refractivity contribution in [3.63, 3.8) is 0 Å². The lowest BCUT2D eigenvalue weighted by atomic mass is 10.0. The van der Waals surface area contributed by atoms with Gasteiger partial charge in [0.2, 0.25) is 0 Å². The quantitative estimate of drug-likeness (QED) is 0.399. The standard InChI is InChI=1S/C26H23F2N3O3/c1-15(2)24-23(25(32)30-13-16-6-9-20(27)21(28)11-16)19-8-7-17(26(33)34)12-22(19)31(24)14-18-5-3-4-10-29-18/h3-12,15H,13-14H2,1-2H3,(H,30,32)(H,33,34). The van der Waals surface area contributed by atoms with E-state index in [1.54, 1.807) is 24.4 Å². The van der Waals surface area contributed by atoms with E-state index in [0.29, 0.717) is 28.6 Å². The number of carbonyl (C=O) groups is 2. The van der Waals surface area contributed by atoms with Gasteiger partial charge in [-0.05, 0) is 47.9 Å². The fraction of sp³-hybridized carbons (Fsp3) is 0.192. The van der Waals surface area contributed by atoms with Crippen LogP contribution in [-0.4, -0.2) is 26.5 Å². The van der Waals surface area contributed by atoms with Crippen molar-refractivity contribution >= 4 is 22.8 Å². The van der Waals surface area contributed by atoms with Gasteiger partial charge in [0.15, 0.2) is 11.6 Å². The van der Waals surface area contributed by atoms with E-state index in [4.69, 9.17) is 0 Å². The van der Waals surface area contributed by atoms with Gasteiger partial charge in [-0.25, -0.2) is 13.6 Å². The number of halogens is 2. The Kier molecular flexibility index (Phi) is 6.40. The number of nitrogens with zero attached hydrogens (tertiary/aromatic N) is 2. The fourth-order valence-corrected chi connectivity index (χ4v) is 4.09. The SMILES string of the molecule is CC(C)c1c(C(=O)NCc2ccc(F)c(F)c2)c2ccc(C(=O)O)cc2n1Cc1ccccn1. The van der Waals surface area contributed by atoms with Crippen LogP contribution >= 0.6 is 0 Å². The number of amides is 1. The lowest BCUT2D eigenvalue weighted by Gasteiger charge is -2.15. The average molecular weight is 463 g/mol. The molecule has 34 heavy (non-hydrogen) atoms. The summed E-state index contributed by atoms with van der Waals surface area (Å²) < 4.78 is 28.7. The molecule has 0 atom stereocenters. The molecule has 0 saturated heterocycles. The fourth-order valence-electron chi connectivity index (χ4n) is 4.09. The van der Waals surface area contributed by atoms with Gasteiger partial charge < -0.3 is 15.0 Å². The van der Waals surface area contributed by atoms with Crippen LogP contribution in [0.5, 0.6) is 0 Å². The van der Waals surface area contributed by atoms with Crippen LogP contribution in [0, 0.1) is 11.6 Å². The van der Waals surface area contributed by atoms with Crippen molar-refractivity contribution in [2.75, 3.05) is 0 Å². The molecule has 0 fully saturated rings. The third-order valence-electron chi connectivity index (χ3n) is 5.61. The first-order valence-corrected chi connectivity index (χ1v) is 10.8. The molecule has 0 saturated carbocycles. The summed E-state index contributed by atoms with van der Waals surface area (Å²) in [5.74, 6) is -3.47. The Balaban J connectivity index is 1.81. The van der Waals surface area contributed by atoms with Crippen LogP contribution in [0.15, 0.2) is 60.8 Å². The summed E-state index contributed by atoms with van der Waals surface area (Å²) in [6, 6.07) is 13.6. The highest BCUT2D eigenvalue weighted by Gasteiger charge is 2.25. The van der Waals surface area contributed by atoms with E-state index in [2.05, 4.69) is 10.3 Å². The zero-order chi connectivity index (χ0) is 24.4. The number of fused-ring (bicyclic) bond motifs is 1. The van der Waals surface area contributed by atoms with Gasteiger partial charge in [0.25, 0.3) is 5.91 Å². The predicted molar refractivity (Wildman–Crippen MR) is 124 cm³/mol. The Labute approximate surface area is 194 Å². The largest absolute Gasteiger partial charge is 0.478 e. The van der Waals surface area contributed by atoms with E-state index >= 15 is 0 Å². The molecule has 4 aromatic rings. The smallest absolute Gasteiger partial charge is 0.335 e. The normalized spacial score (nSPS) is 11.2. The van der Waals surface area contributed by atoms with E-state index in [-0.39, 0.29) is 23.9 Å². The Morgan fingerprint density at radius 2 is 1.85 bits per heavy atom. The van der Waals surface area contributed by atoms with Crippen molar-refractivity contribution in [1.82, 2.24) is 14.9 Å². The molecule has 2 heterocycles. The number of carbonyl (C=O) groups excluding carboxylic acids is 1. The van der Waals surface area contributed by atoms with E-state index in [9.17, 15) is 23.5 Å². The van der Waals surface area contributed by atoms with Gasteiger partial charge in [-0.2, -0.15) is 0 Å². The van der Waals surface area contributed by atoms with Gasteiger partial charge in [0, 0.05) is 23.8 Å². The van der Waals surface area contributed by atoms with Crippen LogP contribution in [0.1, 0.15) is 57.4 Å². The maximum absolute atomic E-state index is 13.6. The third-order valence-corrected chi connectivity index (χ3v) is 5.61. The predicted octanol–water partition coefficient (Wildman–Crippen LogP) is 5.11. The van der Waals surface area contributed by atoms with Crippen LogP contribution < -0.4 is 5.32 Å². The van der Waals surface area contributed by atoms with Crippen molar-refractivity contribution in [3.8, 4) is 0 Å². The molecule has 0 unspecified atom stereocenters. The molecule has 174 valence electrons. The van der Waals surface area contributed by atoms with Gasteiger partial charge in [0.05, 0.1) is 28.9 Å². The summed E-state index contributed by atoms with van der Waals surface area (Å²) in [4.78, 5) is 29.4. The van der Waals surface area contributed by atoms with Crippen molar-refractivity contribution in [1.29, 1.82) is 0 Å². The highest BCUT2D eigenvalue weighted by molar-refractivity contribution is 6.09. The Hall–Kier alpha value is -4.07. The molecule has 8 heteroatoms. The minimum atomic E-state index is -1.07. The maximum atomic E-state index is 13.6. The number of rotatable bonds is 7. The lowest BCUT2D eigenvalue weighted by Crippen LogP contribution is -2.24. The lowest BCUT2D eigenvalue weighted by molar-refractivity contribution is 0.0696. The van der Waals surface area contributed by atoms with E-state index in [0.717, 1.165) is 23.5 Å². The summed E-state index contributed by atoms with van der Waals surface area (Å²) in [5.41, 5.74) is 3.04. The van der Waals surface area contributed by atoms with Gasteiger partial charge >= 0.3 is 5.97 Å². The number of carboxylic acid groups (broad SMARTS) is 1. The second-order valence-electron chi connectivity index (χ2n) is 8.29. The topological polar surface area (TPSA) is 84.2 Å². The number of pyridine rings is 1. The Morgan fingerprint density at radius 1 is 1.06 bits per heavy atom. The molecule has 4 rings (SSSR count). The van der Waals surface area contributed by atoms with Gasteiger partial charge in [-0.3, -0.25) is 9.78 Å². The molecule has 2 N–H and O–H groups in total. The van der Waals surface area contributed by atoms with E-state index in [1.807, 2.05) is 30.5 Å². The number of nitrogens with one attached hydrogen (secondary N) is 1. The number of hydrogen-bond acceptors (Lipinski definition) is 3. The summed E-state index contributed by atoms with van der Waals surface area (Å²) in [7, 11) is 0. The summed E-state index contributed by atoms with van der Waals surface area (Å²) in [6.45, 7) is 4.26. The molecule has 0 aliphatic carbocycles. The summed E-state index contributed by atoms with van der Waals surface area (Å²) in [5, 5.41) is 12.9. The van der Waals surface area contributed by atoms with Crippen LogP contribution in [0.4, 0.5) is 8.78 Å². The first kappa shape index (κ1) is 23.1. The molecule has 0 bridgehead atoms. The first-order chi connectivity index (χ1) is 16.3. The highest BCUT2D eigenvalue weighted by Crippen LogP contribution is 2.33. The maximum Gasteiger partial charge on any atom is 0.335 e. The van der Waals surface area contributed by atoms with Crippen LogP contribution in [0.2, 0.25) is 0 Å². The van der Waals surface area contributed by atoms with Gasteiger partial charge in [0.1, 0.15) is 0 Å². The van der Waals surface area contributed by atoms with Crippen molar-refractivity contribution in [2.24, 2.45) is 0 Å². The van der Waals surface area contributed by atoms with Crippen molar-refractivity contribution in [3.05, 3.63) is 101 Å². The second kappa shape index (κ2) is 9.43. The highest BCUT2D eigenvalue weighted by atomic mass is 19.2. The number of carboxylic acids is 1. The summed E-state index contributed by atoms with van der Waals surface area (Å²) in [6.07, 6.45) is 1.67. The van der Waals surface area contributed by atoms with Crippen LogP contribution in [-0.2, 0) is 13.1 Å². The van der Waals surface area contributed by atoms with Crippen LogP contribution in [0.25, 0.3) is 10.9 Å². The Bertz CT molecular complexity index is 1380. The Morgan fingerprint density at radius 3 is 2.50 bits per heavy atom. The van der Waals surface area contributed by atoms with Gasteiger partial charge in [-0.1, -0.05) is 32.0 Å². The van der Waals surface area contributed by atoms with Crippen LogP contribution in [0.3, 0.4) is 0 Å².